The van der Waals surface area contributed by atoms with Gasteiger partial charge in [-0.2, -0.15) is 0 Å². The van der Waals surface area contributed by atoms with Gasteiger partial charge in [0.1, 0.15) is 0 Å². The number of halogens is 3. The zero-order chi connectivity index (χ0) is 23.5. The molecular weight excluding hydrogens is 477 g/mol. The third-order valence-corrected chi connectivity index (χ3v) is 7.84. The molecule has 176 valence electrons. The van der Waals surface area contributed by atoms with E-state index in [1.165, 1.54) is 11.1 Å². The van der Waals surface area contributed by atoms with E-state index in [2.05, 4.69) is 35.3 Å². The lowest BCUT2D eigenvalue weighted by Gasteiger charge is -2.38. The molecule has 1 amide bonds. The zero-order valence-electron chi connectivity index (χ0n) is 18.8. The fourth-order valence-electron chi connectivity index (χ4n) is 5.03. The van der Waals surface area contributed by atoms with Crippen LogP contribution in [-0.2, 0) is 4.79 Å². The predicted octanol–water partition coefficient (Wildman–Crippen LogP) is 6.95. The van der Waals surface area contributed by atoms with E-state index in [1.807, 2.05) is 18.2 Å². The van der Waals surface area contributed by atoms with E-state index in [0.29, 0.717) is 21.1 Å². The Labute approximate surface area is 211 Å². The fraction of sp³-hybridized carbons (Fsp3) is 0.423. The molecule has 0 bridgehead atoms. The zero-order valence-corrected chi connectivity index (χ0v) is 21.1. The lowest BCUT2D eigenvalue weighted by atomic mass is 9.84. The maximum atomic E-state index is 11.6. The summed E-state index contributed by atoms with van der Waals surface area (Å²) in [5, 5.41) is 5.42. The van der Waals surface area contributed by atoms with E-state index in [0.717, 1.165) is 56.4 Å². The Morgan fingerprint density at radius 2 is 1.94 bits per heavy atom. The predicted molar refractivity (Wildman–Crippen MR) is 139 cm³/mol. The van der Waals surface area contributed by atoms with Gasteiger partial charge in [0.25, 0.3) is 0 Å². The van der Waals surface area contributed by atoms with Crippen LogP contribution in [0.5, 0.6) is 0 Å². The van der Waals surface area contributed by atoms with Crippen LogP contribution in [-0.4, -0.2) is 29.9 Å². The lowest BCUT2D eigenvalue weighted by molar-refractivity contribution is -0.123. The van der Waals surface area contributed by atoms with E-state index in [4.69, 9.17) is 40.5 Å². The molecule has 7 heteroatoms. The second-order valence-electron chi connectivity index (χ2n) is 9.12. The van der Waals surface area contributed by atoms with Crippen molar-refractivity contribution < 1.29 is 4.79 Å². The Hall–Kier alpha value is -1.72. The second kappa shape index (κ2) is 10.7. The van der Waals surface area contributed by atoms with Gasteiger partial charge in [-0.25, -0.2) is 0 Å². The van der Waals surface area contributed by atoms with E-state index < -0.39 is 0 Å². The van der Waals surface area contributed by atoms with Gasteiger partial charge in [-0.3, -0.25) is 9.69 Å². The highest BCUT2D eigenvalue weighted by Crippen LogP contribution is 2.35. The first-order valence-corrected chi connectivity index (χ1v) is 12.7. The van der Waals surface area contributed by atoms with Gasteiger partial charge in [0, 0.05) is 35.1 Å². The molecule has 0 spiro atoms. The number of anilines is 1. The van der Waals surface area contributed by atoms with E-state index >= 15 is 0 Å². The maximum Gasteiger partial charge on any atom is 0.220 e. The second-order valence-corrected chi connectivity index (χ2v) is 10.4. The number of amides is 1. The summed E-state index contributed by atoms with van der Waals surface area (Å²) in [5.41, 5.74) is 9.92. The molecule has 4 rings (SSSR count). The molecule has 1 aliphatic carbocycles. The van der Waals surface area contributed by atoms with E-state index in [9.17, 15) is 4.79 Å². The first kappa shape index (κ1) is 24.4. The number of hydrogen-bond acceptors (Lipinski definition) is 3. The molecule has 1 aliphatic heterocycles. The van der Waals surface area contributed by atoms with Crippen LogP contribution in [0.25, 0.3) is 5.57 Å². The Morgan fingerprint density at radius 1 is 1.12 bits per heavy atom. The molecular formula is C26H30Cl3N3O. The Kier molecular flexibility index (Phi) is 7.91. The van der Waals surface area contributed by atoms with Crippen molar-refractivity contribution in [2.45, 2.75) is 51.1 Å². The largest absolute Gasteiger partial charge is 0.377 e. The van der Waals surface area contributed by atoms with Crippen LogP contribution in [0, 0.1) is 5.92 Å². The highest BCUT2D eigenvalue weighted by molar-refractivity contribution is 6.35. The average molecular weight is 507 g/mol. The van der Waals surface area contributed by atoms with Crippen molar-refractivity contribution in [2.75, 3.05) is 18.4 Å². The minimum Gasteiger partial charge on any atom is -0.377 e. The monoisotopic (exact) mass is 505 g/mol. The van der Waals surface area contributed by atoms with Crippen molar-refractivity contribution in [3.8, 4) is 0 Å². The van der Waals surface area contributed by atoms with Crippen LogP contribution in [0.1, 0.15) is 56.2 Å². The summed E-state index contributed by atoms with van der Waals surface area (Å²) in [7, 11) is 0. The van der Waals surface area contributed by atoms with Gasteiger partial charge in [-0.1, -0.05) is 59.4 Å². The van der Waals surface area contributed by atoms with E-state index in [-0.39, 0.29) is 17.9 Å². The molecule has 0 radical (unpaired) electrons. The van der Waals surface area contributed by atoms with Gasteiger partial charge in [0.15, 0.2) is 0 Å². The van der Waals surface area contributed by atoms with Crippen molar-refractivity contribution in [1.82, 2.24) is 4.90 Å². The molecule has 2 aromatic rings. The summed E-state index contributed by atoms with van der Waals surface area (Å²) < 4.78 is 0. The lowest BCUT2D eigenvalue weighted by Crippen LogP contribution is -2.43. The summed E-state index contributed by atoms with van der Waals surface area (Å²) >= 11 is 18.9. The van der Waals surface area contributed by atoms with Crippen LogP contribution in [0.4, 0.5) is 5.69 Å². The number of nitrogens with two attached hydrogens (primary N) is 1. The normalized spacial score (nSPS) is 22.5. The maximum absolute atomic E-state index is 11.6. The van der Waals surface area contributed by atoms with Gasteiger partial charge in [0.05, 0.1) is 16.8 Å². The fourth-order valence-corrected chi connectivity index (χ4v) is 5.78. The molecule has 1 saturated carbocycles. The van der Waals surface area contributed by atoms with Crippen molar-refractivity contribution in [1.29, 1.82) is 0 Å². The molecule has 3 atom stereocenters. The molecule has 0 saturated heterocycles. The summed E-state index contributed by atoms with van der Waals surface area (Å²) in [5.74, 6) is -0.126. The van der Waals surface area contributed by atoms with Crippen molar-refractivity contribution in [3.63, 3.8) is 0 Å². The van der Waals surface area contributed by atoms with Gasteiger partial charge in [-0.15, -0.1) is 0 Å². The quantitative estimate of drug-likeness (QED) is 0.445. The topological polar surface area (TPSA) is 58.4 Å². The molecule has 1 heterocycles. The summed E-state index contributed by atoms with van der Waals surface area (Å²) in [6.45, 7) is 3.94. The van der Waals surface area contributed by atoms with Crippen LogP contribution < -0.4 is 11.1 Å². The van der Waals surface area contributed by atoms with Crippen molar-refractivity contribution in [3.05, 3.63) is 68.7 Å². The summed E-state index contributed by atoms with van der Waals surface area (Å²) in [6.07, 6.45) is 7.32. The number of primary amides is 1. The van der Waals surface area contributed by atoms with Gasteiger partial charge >= 0.3 is 0 Å². The number of rotatable bonds is 6. The van der Waals surface area contributed by atoms with Crippen molar-refractivity contribution >= 4 is 52.0 Å². The number of hydrogen-bond donors (Lipinski definition) is 2. The number of carbonyl (C=O) groups is 1. The average Bonchev–Trinajstić information content (AvgIpc) is 2.80. The smallest absolute Gasteiger partial charge is 0.220 e. The summed E-state index contributed by atoms with van der Waals surface area (Å²) in [4.78, 5) is 14.1. The molecule has 4 nitrogen and oxygen atoms in total. The SMILES string of the molecule is C[C@@H](Nc1cc(C2=CCN(C3CCCC(C(N)=O)C3)CC2)ccc1Cl)c1ccc(Cl)cc1Cl. The molecule has 2 aliphatic rings. The Morgan fingerprint density at radius 3 is 2.64 bits per heavy atom. The standard InChI is InChI=1S/C26H30Cl3N3O/c1-16(22-7-6-20(27)15-24(22)29)31-25-14-18(5-8-23(25)28)17-9-11-32(12-10-17)21-4-2-3-19(13-21)26(30)33/h5-9,14-16,19,21,31H,2-4,10-13H2,1H3,(H2,30,33)/t16-,19?,21?/m1/s1. The Bertz CT molecular complexity index is 1060. The van der Waals surface area contributed by atoms with Gasteiger partial charge in [0.2, 0.25) is 5.91 Å². The molecule has 0 aromatic heterocycles. The number of nitrogens with one attached hydrogen (secondary N) is 1. The molecule has 2 aromatic carbocycles. The van der Waals surface area contributed by atoms with Crippen LogP contribution in [0.2, 0.25) is 15.1 Å². The number of nitrogens with zero attached hydrogens (tertiary/aromatic N) is 1. The minimum absolute atomic E-state index is 0.0233. The highest BCUT2D eigenvalue weighted by atomic mass is 35.5. The Balaban J connectivity index is 1.45. The first-order chi connectivity index (χ1) is 15.8. The molecule has 33 heavy (non-hydrogen) atoms. The molecule has 3 N–H and O–H groups in total. The van der Waals surface area contributed by atoms with Crippen LogP contribution >= 0.6 is 34.8 Å². The number of carbonyl (C=O) groups excluding carboxylic acids is 1. The number of benzene rings is 2. The minimum atomic E-state index is -0.150. The van der Waals surface area contributed by atoms with Crippen LogP contribution in [0.3, 0.4) is 0 Å². The molecule has 1 fully saturated rings. The van der Waals surface area contributed by atoms with E-state index in [1.54, 1.807) is 6.07 Å². The molecule has 2 unspecified atom stereocenters. The van der Waals surface area contributed by atoms with Gasteiger partial charge in [-0.05, 0) is 73.6 Å². The first-order valence-electron chi connectivity index (χ1n) is 11.6. The van der Waals surface area contributed by atoms with Gasteiger partial charge < -0.3 is 11.1 Å². The third-order valence-electron chi connectivity index (χ3n) is 6.94. The van der Waals surface area contributed by atoms with Crippen molar-refractivity contribution in [2.24, 2.45) is 11.7 Å². The van der Waals surface area contributed by atoms with Crippen LogP contribution in [0.15, 0.2) is 42.5 Å². The highest BCUT2D eigenvalue weighted by Gasteiger charge is 2.30. The third kappa shape index (κ3) is 5.86. The summed E-state index contributed by atoms with van der Waals surface area (Å²) in [6, 6.07) is 12.1.